The molecular formula is C25H33N3O5S. The van der Waals surface area contributed by atoms with E-state index in [1.54, 1.807) is 18.5 Å². The zero-order valence-electron chi connectivity index (χ0n) is 19.4. The molecule has 184 valence electrons. The molecule has 1 amide bonds. The highest BCUT2D eigenvalue weighted by Crippen LogP contribution is 2.32. The Labute approximate surface area is 201 Å². The molecule has 1 aromatic carbocycles. The Morgan fingerprint density at radius 1 is 1.00 bits per heavy atom. The molecule has 9 heteroatoms. The first-order valence-electron chi connectivity index (χ1n) is 12.1. The lowest BCUT2D eigenvalue weighted by Gasteiger charge is -2.30. The number of pyridine rings is 1. The fourth-order valence-electron chi connectivity index (χ4n) is 4.54. The van der Waals surface area contributed by atoms with Crippen molar-refractivity contribution in [3.63, 3.8) is 0 Å². The summed E-state index contributed by atoms with van der Waals surface area (Å²) in [5.74, 6) is 1.19. The molecule has 2 aliphatic rings. The van der Waals surface area contributed by atoms with Crippen LogP contribution in [0.3, 0.4) is 0 Å². The molecule has 1 unspecified atom stereocenters. The van der Waals surface area contributed by atoms with E-state index in [1.165, 1.54) is 12.1 Å². The molecule has 1 aromatic heterocycles. The standard InChI is InChI=1S/C25H33N3O5S/c29-25(28-16-6-2-3-7-22(28)20-11-14-26-15-12-20)8-4-1-5-13-27-34(30,31)21-9-10-23-24(19-21)33-18-17-32-23/h9-12,14-15,19,22,27H,1-8,13,16-18H2. The van der Waals surface area contributed by atoms with Crippen LogP contribution in [0.25, 0.3) is 0 Å². The number of rotatable bonds is 9. The van der Waals surface area contributed by atoms with E-state index in [4.69, 9.17) is 9.47 Å². The molecule has 4 rings (SSSR count). The summed E-state index contributed by atoms with van der Waals surface area (Å²) in [5.41, 5.74) is 1.15. The molecular weight excluding hydrogens is 454 g/mol. The van der Waals surface area contributed by atoms with Gasteiger partial charge < -0.3 is 14.4 Å². The molecule has 0 bridgehead atoms. The number of unbranched alkanes of at least 4 members (excludes halogenated alkanes) is 2. The predicted molar refractivity (Wildman–Crippen MR) is 128 cm³/mol. The van der Waals surface area contributed by atoms with Crippen molar-refractivity contribution in [2.75, 3.05) is 26.3 Å². The van der Waals surface area contributed by atoms with Gasteiger partial charge in [0.15, 0.2) is 11.5 Å². The number of sulfonamides is 1. The lowest BCUT2D eigenvalue weighted by molar-refractivity contribution is -0.133. The largest absolute Gasteiger partial charge is 0.486 e. The van der Waals surface area contributed by atoms with Gasteiger partial charge in [0, 0.05) is 38.0 Å². The molecule has 2 aromatic rings. The van der Waals surface area contributed by atoms with Crippen molar-refractivity contribution in [2.24, 2.45) is 0 Å². The van der Waals surface area contributed by atoms with Gasteiger partial charge in [-0.2, -0.15) is 0 Å². The van der Waals surface area contributed by atoms with Gasteiger partial charge in [-0.1, -0.05) is 19.3 Å². The van der Waals surface area contributed by atoms with E-state index in [2.05, 4.69) is 9.71 Å². The Morgan fingerprint density at radius 3 is 2.62 bits per heavy atom. The molecule has 0 saturated carbocycles. The van der Waals surface area contributed by atoms with Crippen LogP contribution in [0.4, 0.5) is 0 Å². The Morgan fingerprint density at radius 2 is 1.79 bits per heavy atom. The fourth-order valence-corrected chi connectivity index (χ4v) is 5.63. The second-order valence-corrected chi connectivity index (χ2v) is 10.5. The van der Waals surface area contributed by atoms with Gasteiger partial charge in [0.05, 0.1) is 10.9 Å². The number of ether oxygens (including phenoxy) is 2. The van der Waals surface area contributed by atoms with Gasteiger partial charge in [-0.3, -0.25) is 9.78 Å². The van der Waals surface area contributed by atoms with Crippen LogP contribution in [0, 0.1) is 0 Å². The highest BCUT2D eigenvalue weighted by Gasteiger charge is 2.26. The van der Waals surface area contributed by atoms with Crippen LogP contribution < -0.4 is 14.2 Å². The third-order valence-electron chi connectivity index (χ3n) is 6.35. The van der Waals surface area contributed by atoms with E-state index in [-0.39, 0.29) is 16.8 Å². The molecule has 1 atom stereocenters. The molecule has 0 radical (unpaired) electrons. The summed E-state index contributed by atoms with van der Waals surface area (Å²) in [6, 6.07) is 8.77. The number of fused-ring (bicyclic) bond motifs is 1. The monoisotopic (exact) mass is 487 g/mol. The number of amides is 1. The van der Waals surface area contributed by atoms with Crippen molar-refractivity contribution < 1.29 is 22.7 Å². The van der Waals surface area contributed by atoms with Crippen molar-refractivity contribution in [1.82, 2.24) is 14.6 Å². The zero-order chi connectivity index (χ0) is 23.8. The van der Waals surface area contributed by atoms with E-state index >= 15 is 0 Å². The van der Waals surface area contributed by atoms with Gasteiger partial charge in [0.2, 0.25) is 15.9 Å². The molecule has 3 heterocycles. The Hall–Kier alpha value is -2.65. The Kier molecular flexibility index (Phi) is 8.39. The second-order valence-electron chi connectivity index (χ2n) is 8.75. The van der Waals surface area contributed by atoms with E-state index in [0.717, 1.165) is 50.6 Å². The van der Waals surface area contributed by atoms with Gasteiger partial charge in [-0.05, 0) is 55.5 Å². The minimum atomic E-state index is -3.62. The van der Waals surface area contributed by atoms with Crippen LogP contribution in [0.15, 0.2) is 47.6 Å². The third-order valence-corrected chi connectivity index (χ3v) is 7.81. The summed E-state index contributed by atoms with van der Waals surface area (Å²) >= 11 is 0. The zero-order valence-corrected chi connectivity index (χ0v) is 20.3. The second kappa shape index (κ2) is 11.7. The third kappa shape index (κ3) is 6.27. The summed E-state index contributed by atoms with van der Waals surface area (Å²) in [6.45, 7) is 1.99. The van der Waals surface area contributed by atoms with E-state index < -0.39 is 10.0 Å². The maximum absolute atomic E-state index is 13.0. The topological polar surface area (TPSA) is 97.8 Å². The van der Waals surface area contributed by atoms with Gasteiger partial charge >= 0.3 is 0 Å². The SMILES string of the molecule is O=C(CCCCCNS(=O)(=O)c1ccc2c(c1)OCCO2)N1CCCCCC1c1ccncc1. The van der Waals surface area contributed by atoms with Gasteiger partial charge in [-0.25, -0.2) is 13.1 Å². The van der Waals surface area contributed by atoms with E-state index in [1.807, 2.05) is 17.0 Å². The number of carbonyl (C=O) groups is 1. The lowest BCUT2D eigenvalue weighted by Crippen LogP contribution is -2.34. The molecule has 2 aliphatic heterocycles. The average Bonchev–Trinajstić information content (AvgIpc) is 3.12. The quantitative estimate of drug-likeness (QED) is 0.540. The summed E-state index contributed by atoms with van der Waals surface area (Å²) in [7, 11) is -3.62. The van der Waals surface area contributed by atoms with Crippen molar-refractivity contribution in [2.45, 2.75) is 62.3 Å². The first-order chi connectivity index (χ1) is 16.5. The number of likely N-dealkylation sites (tertiary alicyclic amines) is 1. The number of benzene rings is 1. The minimum Gasteiger partial charge on any atom is -0.486 e. The number of hydrogen-bond acceptors (Lipinski definition) is 6. The molecule has 1 N–H and O–H groups in total. The number of hydrogen-bond donors (Lipinski definition) is 1. The summed E-state index contributed by atoms with van der Waals surface area (Å²) in [6.07, 6.45) is 10.5. The number of aromatic nitrogens is 1. The number of nitrogens with one attached hydrogen (secondary N) is 1. The van der Waals surface area contributed by atoms with Crippen LogP contribution in [-0.4, -0.2) is 50.5 Å². The number of nitrogens with zero attached hydrogens (tertiary/aromatic N) is 2. The van der Waals surface area contributed by atoms with Gasteiger partial charge in [0.1, 0.15) is 13.2 Å². The maximum Gasteiger partial charge on any atom is 0.240 e. The minimum absolute atomic E-state index is 0.121. The van der Waals surface area contributed by atoms with Gasteiger partial charge in [-0.15, -0.1) is 0 Å². The normalized spacial score (nSPS) is 18.4. The van der Waals surface area contributed by atoms with Crippen molar-refractivity contribution in [3.8, 4) is 11.5 Å². The van der Waals surface area contributed by atoms with Crippen LogP contribution in [-0.2, 0) is 14.8 Å². The summed E-state index contributed by atoms with van der Waals surface area (Å²) < 4.78 is 38.8. The smallest absolute Gasteiger partial charge is 0.240 e. The first kappa shape index (κ1) is 24.5. The summed E-state index contributed by atoms with van der Waals surface area (Å²) in [4.78, 5) is 19.3. The van der Waals surface area contributed by atoms with Gasteiger partial charge in [0.25, 0.3) is 0 Å². The molecule has 0 aliphatic carbocycles. The fraction of sp³-hybridized carbons (Fsp3) is 0.520. The highest BCUT2D eigenvalue weighted by atomic mass is 32.2. The lowest BCUT2D eigenvalue weighted by atomic mass is 10.0. The van der Waals surface area contributed by atoms with Crippen LogP contribution >= 0.6 is 0 Å². The van der Waals surface area contributed by atoms with Crippen LogP contribution in [0.5, 0.6) is 11.5 Å². The van der Waals surface area contributed by atoms with E-state index in [9.17, 15) is 13.2 Å². The first-order valence-corrected chi connectivity index (χ1v) is 13.6. The van der Waals surface area contributed by atoms with E-state index in [0.29, 0.717) is 44.1 Å². The molecule has 1 fully saturated rings. The Balaban J connectivity index is 1.22. The maximum atomic E-state index is 13.0. The van der Waals surface area contributed by atoms with Crippen LogP contribution in [0.2, 0.25) is 0 Å². The average molecular weight is 488 g/mol. The molecule has 8 nitrogen and oxygen atoms in total. The van der Waals surface area contributed by atoms with Crippen molar-refractivity contribution >= 4 is 15.9 Å². The summed E-state index contributed by atoms with van der Waals surface area (Å²) in [5, 5.41) is 0. The highest BCUT2D eigenvalue weighted by molar-refractivity contribution is 7.89. The van der Waals surface area contributed by atoms with Crippen molar-refractivity contribution in [3.05, 3.63) is 48.3 Å². The Bertz CT molecular complexity index is 1060. The predicted octanol–water partition coefficient (Wildman–Crippen LogP) is 3.84. The van der Waals surface area contributed by atoms with Crippen LogP contribution in [0.1, 0.15) is 63.0 Å². The van der Waals surface area contributed by atoms with Crippen molar-refractivity contribution in [1.29, 1.82) is 0 Å². The number of carbonyl (C=O) groups excluding carboxylic acids is 1. The molecule has 0 spiro atoms. The molecule has 1 saturated heterocycles. The molecule has 34 heavy (non-hydrogen) atoms.